The van der Waals surface area contributed by atoms with Gasteiger partial charge in [0, 0.05) is 11.8 Å². The van der Waals surface area contributed by atoms with Crippen LogP contribution < -0.4 is 5.32 Å². The van der Waals surface area contributed by atoms with Crippen molar-refractivity contribution in [2.45, 2.75) is 11.4 Å². The number of aliphatic carboxylic acids is 1. The van der Waals surface area contributed by atoms with Gasteiger partial charge in [-0.1, -0.05) is 6.07 Å². The Bertz CT molecular complexity index is 507. The number of phenols is 1. The Morgan fingerprint density at radius 2 is 2.28 bits per heavy atom. The number of carbonyl (C=O) groups is 1. The van der Waals surface area contributed by atoms with E-state index in [0.29, 0.717) is 11.3 Å². The van der Waals surface area contributed by atoms with Crippen LogP contribution in [0.15, 0.2) is 18.2 Å². The first kappa shape index (κ1) is 12.7. The fourth-order valence-corrected chi connectivity index (χ4v) is 2.88. The zero-order chi connectivity index (χ0) is 13.3. The number of carboxylic acids is 1. The highest BCUT2D eigenvalue weighted by molar-refractivity contribution is 7.99. The van der Waals surface area contributed by atoms with Gasteiger partial charge in [-0.05, 0) is 11.6 Å². The van der Waals surface area contributed by atoms with Crippen LogP contribution in [0.3, 0.4) is 0 Å². The second-order valence-corrected chi connectivity index (χ2v) is 4.91. The quantitative estimate of drug-likeness (QED) is 0.556. The number of nitrogens with one attached hydrogen (secondary N) is 1. The zero-order valence-electron chi connectivity index (χ0n) is 9.07. The minimum Gasteiger partial charge on any atom is -0.502 e. The number of hydrogen-bond acceptors (Lipinski definition) is 6. The van der Waals surface area contributed by atoms with Crippen LogP contribution in [0.1, 0.15) is 10.9 Å². The maximum atomic E-state index is 10.8. The van der Waals surface area contributed by atoms with E-state index in [2.05, 4.69) is 5.32 Å². The number of carboxylic acid groups (broad SMARTS) is 1. The lowest BCUT2D eigenvalue weighted by molar-refractivity contribution is -0.385. The molecule has 96 valence electrons. The number of aromatic hydroxyl groups is 1. The van der Waals surface area contributed by atoms with E-state index in [1.807, 2.05) is 0 Å². The molecule has 1 heterocycles. The third kappa shape index (κ3) is 2.39. The molecule has 1 fully saturated rings. The molecule has 0 saturated carbocycles. The predicted octanol–water partition coefficient (Wildman–Crippen LogP) is 1.09. The predicted molar refractivity (Wildman–Crippen MR) is 64.5 cm³/mol. The van der Waals surface area contributed by atoms with Crippen molar-refractivity contribution in [2.24, 2.45) is 0 Å². The van der Waals surface area contributed by atoms with Crippen molar-refractivity contribution in [3.8, 4) is 5.75 Å². The van der Waals surface area contributed by atoms with Gasteiger partial charge in [-0.25, -0.2) is 0 Å². The highest BCUT2D eigenvalue weighted by atomic mass is 32.2. The molecule has 0 aromatic heterocycles. The maximum absolute atomic E-state index is 10.8. The number of hydrogen-bond donors (Lipinski definition) is 3. The molecule has 18 heavy (non-hydrogen) atoms. The summed E-state index contributed by atoms with van der Waals surface area (Å²) >= 11 is 1.36. The number of nitro benzene ring substituents is 1. The van der Waals surface area contributed by atoms with E-state index >= 15 is 0 Å². The van der Waals surface area contributed by atoms with Gasteiger partial charge in [-0.3, -0.25) is 20.2 Å². The molecule has 1 aliphatic heterocycles. The summed E-state index contributed by atoms with van der Waals surface area (Å²) in [5, 5.41) is 31.4. The molecular formula is C10H10N2O5S. The van der Waals surface area contributed by atoms with Crippen LogP contribution >= 0.6 is 11.8 Å². The van der Waals surface area contributed by atoms with Gasteiger partial charge >= 0.3 is 11.7 Å². The molecular weight excluding hydrogens is 260 g/mol. The van der Waals surface area contributed by atoms with Gasteiger partial charge < -0.3 is 10.2 Å². The molecule has 0 spiro atoms. The Kier molecular flexibility index (Phi) is 3.39. The average molecular weight is 270 g/mol. The smallest absolute Gasteiger partial charge is 0.321 e. The highest BCUT2D eigenvalue weighted by Crippen LogP contribution is 2.36. The second-order valence-electron chi connectivity index (χ2n) is 3.78. The van der Waals surface area contributed by atoms with E-state index in [1.54, 1.807) is 0 Å². The van der Waals surface area contributed by atoms with Crippen molar-refractivity contribution in [1.29, 1.82) is 0 Å². The fourth-order valence-electron chi connectivity index (χ4n) is 1.66. The maximum Gasteiger partial charge on any atom is 0.321 e. The van der Waals surface area contributed by atoms with E-state index < -0.39 is 22.7 Å². The summed E-state index contributed by atoms with van der Waals surface area (Å²) in [5.74, 6) is -0.950. The molecule has 1 aliphatic rings. The summed E-state index contributed by atoms with van der Waals surface area (Å²) < 4.78 is 0. The van der Waals surface area contributed by atoms with Crippen LogP contribution in [-0.2, 0) is 4.79 Å². The molecule has 3 N–H and O–H groups in total. The third-order valence-electron chi connectivity index (χ3n) is 2.58. The first-order valence-electron chi connectivity index (χ1n) is 5.07. The lowest BCUT2D eigenvalue weighted by Gasteiger charge is -2.11. The largest absolute Gasteiger partial charge is 0.502 e. The normalized spacial score (nSPS) is 22.9. The fraction of sp³-hybridized carbons (Fsp3) is 0.300. The molecule has 0 bridgehead atoms. The molecule has 1 saturated heterocycles. The number of benzene rings is 1. The summed E-state index contributed by atoms with van der Waals surface area (Å²) in [6, 6.07) is 3.37. The monoisotopic (exact) mass is 270 g/mol. The van der Waals surface area contributed by atoms with Crippen molar-refractivity contribution in [3.05, 3.63) is 33.9 Å². The minimum atomic E-state index is -0.946. The van der Waals surface area contributed by atoms with E-state index in [9.17, 15) is 20.0 Å². The van der Waals surface area contributed by atoms with Gasteiger partial charge in [0.2, 0.25) is 0 Å². The lowest BCUT2D eigenvalue weighted by Crippen LogP contribution is -2.33. The minimum absolute atomic E-state index is 0.314. The van der Waals surface area contributed by atoms with Gasteiger partial charge in [0.05, 0.1) is 10.3 Å². The summed E-state index contributed by atoms with van der Waals surface area (Å²) in [5.41, 5.74) is 0.196. The Hall–Kier alpha value is -1.80. The Labute approximate surface area is 106 Å². The summed E-state index contributed by atoms with van der Waals surface area (Å²) in [7, 11) is 0. The molecule has 0 amide bonds. The van der Waals surface area contributed by atoms with E-state index in [-0.39, 0.29) is 11.1 Å². The van der Waals surface area contributed by atoms with Gasteiger partial charge in [-0.2, -0.15) is 0 Å². The molecule has 0 unspecified atom stereocenters. The Balaban J connectivity index is 2.22. The Morgan fingerprint density at radius 3 is 2.83 bits per heavy atom. The van der Waals surface area contributed by atoms with Gasteiger partial charge in [-0.15, -0.1) is 11.8 Å². The number of phenolic OH excluding ortho intramolecular Hbond substituents is 1. The lowest BCUT2D eigenvalue weighted by atomic mass is 10.1. The number of nitrogens with zero attached hydrogens (tertiary/aromatic N) is 1. The van der Waals surface area contributed by atoms with Crippen molar-refractivity contribution in [3.63, 3.8) is 0 Å². The SMILES string of the molecule is O=C(O)[C@@H]1CS[C@H](c2ccc(O)c([N+](=O)[O-])c2)N1. The van der Waals surface area contributed by atoms with Crippen molar-refractivity contribution in [2.75, 3.05) is 5.75 Å². The van der Waals surface area contributed by atoms with Crippen molar-refractivity contribution >= 4 is 23.4 Å². The van der Waals surface area contributed by atoms with E-state index in [4.69, 9.17) is 5.11 Å². The highest BCUT2D eigenvalue weighted by Gasteiger charge is 2.31. The standard InChI is InChI=1S/C10H10N2O5S/c13-8-2-1-5(3-7(8)12(16)17)9-11-6(4-18-9)10(14)15/h1-3,6,9,11,13H,4H2,(H,14,15)/t6-,9+/m0/s1. The van der Waals surface area contributed by atoms with Crippen LogP contribution in [0.2, 0.25) is 0 Å². The van der Waals surface area contributed by atoms with Crippen LogP contribution in [0.5, 0.6) is 5.75 Å². The topological polar surface area (TPSA) is 113 Å². The second kappa shape index (κ2) is 4.83. The average Bonchev–Trinajstić information content (AvgIpc) is 2.78. The van der Waals surface area contributed by atoms with Crippen LogP contribution in [0.25, 0.3) is 0 Å². The number of thioether (sulfide) groups is 1. The van der Waals surface area contributed by atoms with E-state index in [1.165, 1.54) is 30.0 Å². The van der Waals surface area contributed by atoms with Gasteiger partial charge in [0.1, 0.15) is 6.04 Å². The van der Waals surface area contributed by atoms with Gasteiger partial charge in [0.15, 0.2) is 5.75 Å². The molecule has 8 heteroatoms. The molecule has 0 aliphatic carbocycles. The van der Waals surface area contributed by atoms with Crippen LogP contribution in [-0.4, -0.2) is 32.9 Å². The molecule has 2 atom stereocenters. The van der Waals surface area contributed by atoms with Crippen LogP contribution in [0.4, 0.5) is 5.69 Å². The summed E-state index contributed by atoms with van der Waals surface area (Å²) in [6.07, 6.45) is 0. The molecule has 0 radical (unpaired) electrons. The van der Waals surface area contributed by atoms with Crippen molar-refractivity contribution in [1.82, 2.24) is 5.32 Å². The summed E-state index contributed by atoms with van der Waals surface area (Å²) in [4.78, 5) is 20.8. The number of rotatable bonds is 3. The Morgan fingerprint density at radius 1 is 1.56 bits per heavy atom. The molecule has 7 nitrogen and oxygen atoms in total. The molecule has 1 aromatic rings. The zero-order valence-corrected chi connectivity index (χ0v) is 9.88. The number of nitro groups is 1. The van der Waals surface area contributed by atoms with Gasteiger partial charge in [0.25, 0.3) is 0 Å². The first-order valence-corrected chi connectivity index (χ1v) is 6.11. The molecule has 1 aromatic carbocycles. The van der Waals surface area contributed by atoms with Crippen molar-refractivity contribution < 1.29 is 19.9 Å². The summed E-state index contributed by atoms with van der Waals surface area (Å²) in [6.45, 7) is 0. The first-order chi connectivity index (χ1) is 8.49. The third-order valence-corrected chi connectivity index (χ3v) is 3.85. The van der Waals surface area contributed by atoms with E-state index in [0.717, 1.165) is 0 Å². The molecule has 2 rings (SSSR count). The van der Waals surface area contributed by atoms with Crippen LogP contribution in [0, 0.1) is 10.1 Å².